The molecular formula is C18H30N2O2S. The van der Waals surface area contributed by atoms with Gasteiger partial charge in [0.2, 0.25) is 0 Å². The van der Waals surface area contributed by atoms with E-state index in [0.29, 0.717) is 5.92 Å². The van der Waals surface area contributed by atoms with E-state index in [9.17, 15) is 4.79 Å². The highest BCUT2D eigenvalue weighted by molar-refractivity contribution is 7.97. The van der Waals surface area contributed by atoms with Crippen LogP contribution in [-0.4, -0.2) is 36.6 Å². The standard InChI is InChI=1S/C18H30N2O2S/c1-8-14(2)13-19(6)23-16-11-9-15(10-12-16)20(7)17(21)22-18(3,4)5/h9-12,14H,8,13H2,1-7H3. The Kier molecular flexibility index (Phi) is 7.42. The molecule has 0 fully saturated rings. The Morgan fingerprint density at radius 2 is 1.78 bits per heavy atom. The smallest absolute Gasteiger partial charge is 0.414 e. The minimum Gasteiger partial charge on any atom is -0.443 e. The number of rotatable bonds is 6. The van der Waals surface area contributed by atoms with Gasteiger partial charge in [0.05, 0.1) is 0 Å². The van der Waals surface area contributed by atoms with E-state index in [1.165, 1.54) is 11.3 Å². The molecule has 0 bridgehead atoms. The third-order valence-electron chi connectivity index (χ3n) is 3.42. The molecule has 1 unspecified atom stereocenters. The maximum Gasteiger partial charge on any atom is 0.414 e. The van der Waals surface area contributed by atoms with Crippen molar-refractivity contribution in [1.29, 1.82) is 0 Å². The van der Waals surface area contributed by atoms with Gasteiger partial charge in [0.1, 0.15) is 5.60 Å². The van der Waals surface area contributed by atoms with Crippen LogP contribution in [0.4, 0.5) is 10.5 Å². The molecule has 0 aliphatic heterocycles. The second kappa shape index (κ2) is 8.60. The van der Waals surface area contributed by atoms with E-state index < -0.39 is 5.60 Å². The van der Waals surface area contributed by atoms with Crippen molar-refractivity contribution in [1.82, 2.24) is 4.31 Å². The Balaban J connectivity index is 2.64. The number of benzene rings is 1. The Hall–Kier alpha value is -1.20. The number of ether oxygens (including phenoxy) is 1. The van der Waals surface area contributed by atoms with Crippen molar-refractivity contribution in [2.45, 2.75) is 51.5 Å². The Morgan fingerprint density at radius 1 is 1.22 bits per heavy atom. The number of carbonyl (C=O) groups is 1. The number of amides is 1. The van der Waals surface area contributed by atoms with Gasteiger partial charge < -0.3 is 4.74 Å². The zero-order valence-electron chi connectivity index (χ0n) is 15.4. The topological polar surface area (TPSA) is 32.8 Å². The molecule has 4 nitrogen and oxygen atoms in total. The fourth-order valence-electron chi connectivity index (χ4n) is 1.95. The highest BCUT2D eigenvalue weighted by Gasteiger charge is 2.20. The number of carbonyl (C=O) groups excluding carboxylic acids is 1. The van der Waals surface area contributed by atoms with Crippen molar-refractivity contribution >= 4 is 23.7 Å². The molecule has 0 saturated heterocycles. The molecule has 0 aliphatic rings. The van der Waals surface area contributed by atoms with Crippen molar-refractivity contribution in [2.75, 3.05) is 25.5 Å². The molecule has 0 heterocycles. The second-order valence-electron chi connectivity index (χ2n) is 6.95. The van der Waals surface area contributed by atoms with E-state index in [2.05, 4.69) is 25.2 Å². The van der Waals surface area contributed by atoms with Crippen LogP contribution in [0.5, 0.6) is 0 Å². The monoisotopic (exact) mass is 338 g/mol. The van der Waals surface area contributed by atoms with Gasteiger partial charge in [-0.1, -0.05) is 20.3 Å². The van der Waals surface area contributed by atoms with Gasteiger partial charge in [-0.3, -0.25) is 4.90 Å². The Bertz CT molecular complexity index is 497. The molecule has 0 aliphatic carbocycles. The molecule has 1 aromatic rings. The molecular weight excluding hydrogens is 308 g/mol. The third kappa shape index (κ3) is 7.27. The summed E-state index contributed by atoms with van der Waals surface area (Å²) in [5.74, 6) is 0.685. The van der Waals surface area contributed by atoms with Gasteiger partial charge in [-0.2, -0.15) is 0 Å². The molecule has 0 radical (unpaired) electrons. The lowest BCUT2D eigenvalue weighted by Gasteiger charge is -2.25. The third-order valence-corrected chi connectivity index (χ3v) is 4.36. The van der Waals surface area contributed by atoms with E-state index in [-0.39, 0.29) is 6.09 Å². The first-order valence-electron chi connectivity index (χ1n) is 8.08. The second-order valence-corrected chi connectivity index (χ2v) is 8.23. The number of hydrogen-bond acceptors (Lipinski definition) is 4. The van der Waals surface area contributed by atoms with E-state index in [0.717, 1.165) is 17.1 Å². The van der Waals surface area contributed by atoms with Crippen molar-refractivity contribution in [2.24, 2.45) is 5.92 Å². The molecule has 0 spiro atoms. The molecule has 5 heteroatoms. The van der Waals surface area contributed by atoms with Crippen LogP contribution >= 0.6 is 11.9 Å². The number of hydrogen-bond donors (Lipinski definition) is 0. The lowest BCUT2D eigenvalue weighted by Crippen LogP contribution is -2.34. The van der Waals surface area contributed by atoms with Crippen LogP contribution < -0.4 is 4.90 Å². The molecule has 0 saturated carbocycles. The molecule has 1 aromatic carbocycles. The summed E-state index contributed by atoms with van der Waals surface area (Å²) in [5, 5.41) is 0. The fraction of sp³-hybridized carbons (Fsp3) is 0.611. The van der Waals surface area contributed by atoms with Crippen LogP contribution in [0.3, 0.4) is 0 Å². The van der Waals surface area contributed by atoms with Crippen LogP contribution in [0, 0.1) is 5.92 Å². The molecule has 0 aromatic heterocycles. The van der Waals surface area contributed by atoms with Gasteiger partial charge in [0, 0.05) is 24.2 Å². The van der Waals surface area contributed by atoms with Crippen molar-refractivity contribution in [3.05, 3.63) is 24.3 Å². The highest BCUT2D eigenvalue weighted by Crippen LogP contribution is 2.25. The molecule has 0 N–H and O–H groups in total. The van der Waals surface area contributed by atoms with Gasteiger partial charge in [0.15, 0.2) is 0 Å². The summed E-state index contributed by atoms with van der Waals surface area (Å²) in [4.78, 5) is 14.8. The van der Waals surface area contributed by atoms with E-state index in [1.807, 2.05) is 45.0 Å². The van der Waals surface area contributed by atoms with Gasteiger partial charge in [0.25, 0.3) is 0 Å². The Morgan fingerprint density at radius 3 is 2.26 bits per heavy atom. The van der Waals surface area contributed by atoms with E-state index in [1.54, 1.807) is 19.0 Å². The SMILES string of the molecule is CCC(C)CN(C)Sc1ccc(N(C)C(=O)OC(C)(C)C)cc1. The summed E-state index contributed by atoms with van der Waals surface area (Å²) in [6.07, 6.45) is 0.844. The lowest BCUT2D eigenvalue weighted by atomic mass is 10.1. The maximum atomic E-state index is 12.1. The minimum atomic E-state index is -0.486. The first kappa shape index (κ1) is 19.8. The van der Waals surface area contributed by atoms with Gasteiger partial charge >= 0.3 is 6.09 Å². The average Bonchev–Trinajstić information content (AvgIpc) is 2.45. The first-order valence-corrected chi connectivity index (χ1v) is 8.85. The molecule has 1 amide bonds. The largest absolute Gasteiger partial charge is 0.443 e. The van der Waals surface area contributed by atoms with Crippen LogP contribution in [0.15, 0.2) is 29.2 Å². The van der Waals surface area contributed by atoms with Crippen molar-refractivity contribution in [3.8, 4) is 0 Å². The van der Waals surface area contributed by atoms with Crippen molar-refractivity contribution in [3.63, 3.8) is 0 Å². The molecule has 23 heavy (non-hydrogen) atoms. The van der Waals surface area contributed by atoms with Crippen molar-refractivity contribution < 1.29 is 9.53 Å². The summed E-state index contributed by atoms with van der Waals surface area (Å²) < 4.78 is 7.63. The predicted octanol–water partition coefficient (Wildman–Crippen LogP) is 5.04. The number of anilines is 1. The lowest BCUT2D eigenvalue weighted by molar-refractivity contribution is 0.0589. The summed E-state index contributed by atoms with van der Waals surface area (Å²) in [5.41, 5.74) is 0.341. The fourth-order valence-corrected chi connectivity index (χ4v) is 2.90. The highest BCUT2D eigenvalue weighted by atomic mass is 32.2. The number of nitrogens with zero attached hydrogens (tertiary/aromatic N) is 2. The molecule has 130 valence electrons. The first-order chi connectivity index (χ1) is 10.6. The van der Waals surface area contributed by atoms with E-state index in [4.69, 9.17) is 4.74 Å². The summed E-state index contributed by atoms with van der Waals surface area (Å²) in [7, 11) is 3.84. The van der Waals surface area contributed by atoms with Crippen LogP contribution in [0.1, 0.15) is 41.0 Å². The maximum absolute atomic E-state index is 12.1. The minimum absolute atomic E-state index is 0.341. The van der Waals surface area contributed by atoms with Crippen LogP contribution in [0.2, 0.25) is 0 Å². The summed E-state index contributed by atoms with van der Waals surface area (Å²) >= 11 is 1.72. The molecule has 1 atom stereocenters. The van der Waals surface area contributed by atoms with Gasteiger partial charge in [-0.15, -0.1) is 0 Å². The quantitative estimate of drug-likeness (QED) is 0.680. The normalized spacial score (nSPS) is 13.0. The van der Waals surface area contributed by atoms with Crippen LogP contribution in [-0.2, 0) is 4.74 Å². The zero-order valence-corrected chi connectivity index (χ0v) is 16.2. The summed E-state index contributed by atoms with van der Waals surface area (Å²) in [6, 6.07) is 7.97. The molecule has 1 rings (SSSR count). The predicted molar refractivity (Wildman–Crippen MR) is 99.0 cm³/mol. The zero-order chi connectivity index (χ0) is 17.6. The summed E-state index contributed by atoms with van der Waals surface area (Å²) in [6.45, 7) is 11.1. The van der Waals surface area contributed by atoms with Gasteiger partial charge in [-0.25, -0.2) is 9.10 Å². The van der Waals surface area contributed by atoms with E-state index >= 15 is 0 Å². The average molecular weight is 339 g/mol. The Labute approximate surface area is 145 Å². The van der Waals surface area contributed by atoms with Gasteiger partial charge in [-0.05, 0) is 70.0 Å². The van der Waals surface area contributed by atoms with Crippen LogP contribution in [0.25, 0.3) is 0 Å².